The van der Waals surface area contributed by atoms with Gasteiger partial charge in [-0.2, -0.15) is 0 Å². The molecule has 4 N–H and O–H groups in total. The van der Waals surface area contributed by atoms with Crippen LogP contribution in [0.4, 0.5) is 0 Å². The summed E-state index contributed by atoms with van der Waals surface area (Å²) in [6, 6.07) is 7.03. The second kappa shape index (κ2) is 4.91. The van der Waals surface area contributed by atoms with Crippen molar-refractivity contribution >= 4 is 22.7 Å². The number of nitrogens with one attached hydrogen (secondary N) is 2. The number of primary amides is 1. The molecule has 0 saturated heterocycles. The van der Waals surface area contributed by atoms with Gasteiger partial charge in [0.1, 0.15) is 0 Å². The van der Waals surface area contributed by atoms with Crippen LogP contribution >= 0.6 is 0 Å². The maximum atomic E-state index is 11.9. The van der Waals surface area contributed by atoms with Gasteiger partial charge in [-0.1, -0.05) is 0 Å². The number of carbonyl (C=O) groups excluding carboxylic acids is 2. The number of fused-ring (bicyclic) bond motifs is 1. The molecule has 0 aliphatic carbocycles. The Labute approximate surface area is 104 Å². The van der Waals surface area contributed by atoms with Gasteiger partial charge < -0.3 is 16.0 Å². The number of H-pyrrole nitrogens is 1. The lowest BCUT2D eigenvalue weighted by atomic mass is 10.1. The molecule has 0 aliphatic rings. The minimum Gasteiger partial charge on any atom is -0.370 e. The summed E-state index contributed by atoms with van der Waals surface area (Å²) in [5.41, 5.74) is 6.62. The highest BCUT2D eigenvalue weighted by Gasteiger charge is 2.12. The number of carbonyl (C=O) groups is 2. The van der Waals surface area contributed by atoms with Crippen LogP contribution in [0.1, 0.15) is 23.7 Å². The van der Waals surface area contributed by atoms with Gasteiger partial charge in [-0.25, -0.2) is 0 Å². The Balaban J connectivity index is 2.10. The predicted octanol–water partition coefficient (Wildman–Crippen LogP) is 1.16. The molecule has 94 valence electrons. The molecule has 0 radical (unpaired) electrons. The van der Waals surface area contributed by atoms with E-state index >= 15 is 0 Å². The molecule has 2 amide bonds. The lowest BCUT2D eigenvalue weighted by molar-refractivity contribution is -0.118. The Morgan fingerprint density at radius 2 is 2.17 bits per heavy atom. The summed E-state index contributed by atoms with van der Waals surface area (Å²) in [5.74, 6) is -0.629. The molecular weight excluding hydrogens is 230 g/mol. The van der Waals surface area contributed by atoms with Gasteiger partial charge in [-0.3, -0.25) is 9.59 Å². The summed E-state index contributed by atoms with van der Waals surface area (Å²) in [6.07, 6.45) is 1.96. The molecular formula is C13H15N3O2. The maximum Gasteiger partial charge on any atom is 0.251 e. The first-order valence-corrected chi connectivity index (χ1v) is 5.72. The topological polar surface area (TPSA) is 88.0 Å². The number of aromatic amines is 1. The molecule has 1 heterocycles. The molecule has 0 spiro atoms. The average Bonchev–Trinajstić information content (AvgIpc) is 2.74. The first-order chi connectivity index (χ1) is 8.56. The first-order valence-electron chi connectivity index (χ1n) is 5.72. The van der Waals surface area contributed by atoms with Crippen molar-refractivity contribution in [1.82, 2.24) is 10.3 Å². The number of nitrogens with two attached hydrogens (primary N) is 1. The van der Waals surface area contributed by atoms with Gasteiger partial charge in [-0.05, 0) is 31.2 Å². The quantitative estimate of drug-likeness (QED) is 0.754. The summed E-state index contributed by atoms with van der Waals surface area (Å²) in [6.45, 7) is 1.75. The van der Waals surface area contributed by atoms with E-state index in [-0.39, 0.29) is 18.4 Å². The van der Waals surface area contributed by atoms with E-state index in [0.717, 1.165) is 10.9 Å². The minimum absolute atomic E-state index is 0.137. The fourth-order valence-electron chi connectivity index (χ4n) is 1.85. The molecule has 2 aromatic rings. The Morgan fingerprint density at radius 1 is 1.39 bits per heavy atom. The summed E-state index contributed by atoms with van der Waals surface area (Å²) in [4.78, 5) is 25.7. The molecule has 0 bridgehead atoms. The smallest absolute Gasteiger partial charge is 0.251 e. The molecule has 18 heavy (non-hydrogen) atoms. The molecule has 0 aliphatic heterocycles. The van der Waals surface area contributed by atoms with Crippen molar-refractivity contribution in [2.75, 3.05) is 0 Å². The van der Waals surface area contributed by atoms with Crippen molar-refractivity contribution < 1.29 is 9.59 Å². The third-order valence-electron chi connectivity index (χ3n) is 2.70. The first kappa shape index (κ1) is 12.2. The second-order valence-corrected chi connectivity index (χ2v) is 4.32. The van der Waals surface area contributed by atoms with Crippen LogP contribution in [0.5, 0.6) is 0 Å². The molecule has 2 rings (SSSR count). The third-order valence-corrected chi connectivity index (χ3v) is 2.70. The molecule has 1 atom stereocenters. The van der Waals surface area contributed by atoms with Gasteiger partial charge in [0.2, 0.25) is 5.91 Å². The van der Waals surface area contributed by atoms with E-state index in [1.807, 2.05) is 18.3 Å². The van der Waals surface area contributed by atoms with Gasteiger partial charge in [-0.15, -0.1) is 0 Å². The molecule has 1 aromatic carbocycles. The highest BCUT2D eigenvalue weighted by molar-refractivity contribution is 5.98. The van der Waals surface area contributed by atoms with Crippen LogP contribution in [0.15, 0.2) is 30.5 Å². The van der Waals surface area contributed by atoms with Gasteiger partial charge in [0.25, 0.3) is 5.91 Å². The number of hydrogen-bond donors (Lipinski definition) is 3. The predicted molar refractivity (Wildman–Crippen MR) is 69.0 cm³/mol. The summed E-state index contributed by atoms with van der Waals surface area (Å²) in [5, 5.41) is 3.71. The van der Waals surface area contributed by atoms with Crippen LogP contribution in [0.25, 0.3) is 10.9 Å². The zero-order valence-electron chi connectivity index (χ0n) is 10.1. The van der Waals surface area contributed by atoms with Gasteiger partial charge in [0, 0.05) is 35.1 Å². The van der Waals surface area contributed by atoms with Crippen LogP contribution < -0.4 is 11.1 Å². The van der Waals surface area contributed by atoms with Crippen LogP contribution in [-0.2, 0) is 4.79 Å². The van der Waals surface area contributed by atoms with E-state index < -0.39 is 5.91 Å². The fraction of sp³-hybridized carbons (Fsp3) is 0.231. The Hall–Kier alpha value is -2.30. The second-order valence-electron chi connectivity index (χ2n) is 4.32. The monoisotopic (exact) mass is 245 g/mol. The van der Waals surface area contributed by atoms with E-state index in [2.05, 4.69) is 10.3 Å². The number of rotatable bonds is 4. The average molecular weight is 245 g/mol. The zero-order chi connectivity index (χ0) is 13.1. The minimum atomic E-state index is -0.427. The highest BCUT2D eigenvalue weighted by atomic mass is 16.2. The van der Waals surface area contributed by atoms with Crippen LogP contribution in [0.3, 0.4) is 0 Å². The molecule has 1 unspecified atom stereocenters. The molecule has 1 aromatic heterocycles. The number of hydrogen-bond acceptors (Lipinski definition) is 2. The Kier molecular flexibility index (Phi) is 3.32. The van der Waals surface area contributed by atoms with Crippen molar-refractivity contribution in [1.29, 1.82) is 0 Å². The molecule has 5 heteroatoms. The lowest BCUT2D eigenvalue weighted by Crippen LogP contribution is -2.35. The number of aromatic nitrogens is 1. The Morgan fingerprint density at radius 3 is 2.89 bits per heavy atom. The summed E-state index contributed by atoms with van der Waals surface area (Å²) in [7, 11) is 0. The van der Waals surface area contributed by atoms with E-state index in [4.69, 9.17) is 5.73 Å². The van der Waals surface area contributed by atoms with Crippen molar-refractivity contribution in [3.8, 4) is 0 Å². The fourth-order valence-corrected chi connectivity index (χ4v) is 1.85. The van der Waals surface area contributed by atoms with E-state index in [9.17, 15) is 9.59 Å². The number of amides is 2. The lowest BCUT2D eigenvalue weighted by Gasteiger charge is -2.11. The van der Waals surface area contributed by atoms with Crippen molar-refractivity contribution in [2.45, 2.75) is 19.4 Å². The summed E-state index contributed by atoms with van der Waals surface area (Å²) < 4.78 is 0. The number of benzene rings is 1. The van der Waals surface area contributed by atoms with Crippen LogP contribution in [0, 0.1) is 0 Å². The largest absolute Gasteiger partial charge is 0.370 e. The van der Waals surface area contributed by atoms with Gasteiger partial charge in [0.15, 0.2) is 0 Å². The maximum absolute atomic E-state index is 11.9. The van der Waals surface area contributed by atoms with Crippen molar-refractivity contribution in [2.24, 2.45) is 5.73 Å². The van der Waals surface area contributed by atoms with E-state index in [1.165, 1.54) is 0 Å². The normalized spacial score (nSPS) is 12.3. The van der Waals surface area contributed by atoms with E-state index in [0.29, 0.717) is 5.56 Å². The third kappa shape index (κ3) is 2.68. The van der Waals surface area contributed by atoms with E-state index in [1.54, 1.807) is 19.1 Å². The van der Waals surface area contributed by atoms with Crippen molar-refractivity contribution in [3.05, 3.63) is 36.0 Å². The van der Waals surface area contributed by atoms with Crippen LogP contribution in [-0.4, -0.2) is 22.8 Å². The zero-order valence-corrected chi connectivity index (χ0v) is 10.1. The van der Waals surface area contributed by atoms with Gasteiger partial charge in [0.05, 0.1) is 0 Å². The standard InChI is InChI=1S/C13H15N3O2/c1-8(6-12(14)17)16-13(18)10-2-3-11-9(7-10)4-5-15-11/h2-5,7-8,15H,6H2,1H3,(H2,14,17)(H,16,18). The van der Waals surface area contributed by atoms with Crippen molar-refractivity contribution in [3.63, 3.8) is 0 Å². The highest BCUT2D eigenvalue weighted by Crippen LogP contribution is 2.14. The molecule has 5 nitrogen and oxygen atoms in total. The van der Waals surface area contributed by atoms with Gasteiger partial charge >= 0.3 is 0 Å². The SMILES string of the molecule is CC(CC(N)=O)NC(=O)c1ccc2[nH]ccc2c1. The van der Waals surface area contributed by atoms with Crippen LogP contribution in [0.2, 0.25) is 0 Å². The molecule has 0 saturated carbocycles. The Bertz CT molecular complexity index is 589. The molecule has 0 fully saturated rings. The summed E-state index contributed by atoms with van der Waals surface area (Å²) >= 11 is 0.